The molecule has 2 aromatic carbocycles. The first-order valence-corrected chi connectivity index (χ1v) is 9.20. The molecule has 0 aliphatic heterocycles. The van der Waals surface area contributed by atoms with Gasteiger partial charge in [-0.1, -0.05) is 29.8 Å². The van der Waals surface area contributed by atoms with Crippen molar-refractivity contribution >= 4 is 34.6 Å². The number of halogens is 1. The summed E-state index contributed by atoms with van der Waals surface area (Å²) < 4.78 is 5.21. The number of aryl methyl sites for hydroxylation is 1. The van der Waals surface area contributed by atoms with Crippen molar-refractivity contribution in [2.24, 2.45) is 0 Å². The SMILES string of the molecule is CCN(C(=S)Nc1ccc(C)cc1Cl)C(C)Cc1ccc(OC)cc1. The van der Waals surface area contributed by atoms with Crippen LogP contribution in [-0.2, 0) is 6.42 Å². The first-order valence-electron chi connectivity index (χ1n) is 8.41. The fourth-order valence-electron chi connectivity index (χ4n) is 2.78. The van der Waals surface area contributed by atoms with Gasteiger partial charge in [-0.3, -0.25) is 0 Å². The number of benzene rings is 2. The quantitative estimate of drug-likeness (QED) is 0.691. The maximum atomic E-state index is 6.31. The van der Waals surface area contributed by atoms with Crippen LogP contribution in [-0.4, -0.2) is 29.7 Å². The monoisotopic (exact) mass is 376 g/mol. The smallest absolute Gasteiger partial charge is 0.173 e. The maximum Gasteiger partial charge on any atom is 0.173 e. The van der Waals surface area contributed by atoms with E-state index in [1.54, 1.807) is 7.11 Å². The number of rotatable bonds is 6. The number of hydrogen-bond donors (Lipinski definition) is 1. The number of anilines is 1. The molecule has 0 heterocycles. The van der Waals surface area contributed by atoms with Crippen LogP contribution in [0.2, 0.25) is 5.02 Å². The number of thiocarbonyl (C=S) groups is 1. The highest BCUT2D eigenvalue weighted by Gasteiger charge is 2.17. The molecule has 0 aliphatic carbocycles. The van der Waals surface area contributed by atoms with Crippen molar-refractivity contribution in [3.63, 3.8) is 0 Å². The molecule has 0 radical (unpaired) electrons. The van der Waals surface area contributed by atoms with Crippen LogP contribution in [0.3, 0.4) is 0 Å². The Hall–Kier alpha value is -1.78. The van der Waals surface area contributed by atoms with Gasteiger partial charge in [0.1, 0.15) is 5.75 Å². The lowest BCUT2D eigenvalue weighted by atomic mass is 10.1. The van der Waals surface area contributed by atoms with Gasteiger partial charge in [0, 0.05) is 12.6 Å². The van der Waals surface area contributed by atoms with Gasteiger partial charge in [0.05, 0.1) is 17.8 Å². The van der Waals surface area contributed by atoms with Crippen LogP contribution >= 0.6 is 23.8 Å². The molecule has 0 fully saturated rings. The molecule has 134 valence electrons. The van der Waals surface area contributed by atoms with Gasteiger partial charge >= 0.3 is 0 Å². The fraction of sp³-hybridized carbons (Fsp3) is 0.350. The third-order valence-electron chi connectivity index (χ3n) is 4.19. The Bertz CT molecular complexity index is 718. The standard InChI is InChI=1S/C20H25ClN2OS/c1-5-23(15(3)13-16-7-9-17(24-4)10-8-16)20(25)22-19-11-6-14(2)12-18(19)21/h6-12,15H,5,13H2,1-4H3,(H,22,25). The van der Waals surface area contributed by atoms with E-state index in [4.69, 9.17) is 28.6 Å². The summed E-state index contributed by atoms with van der Waals surface area (Å²) >= 11 is 11.9. The molecule has 25 heavy (non-hydrogen) atoms. The zero-order valence-electron chi connectivity index (χ0n) is 15.2. The summed E-state index contributed by atoms with van der Waals surface area (Å²) in [5.41, 5.74) is 3.22. The number of nitrogens with zero attached hydrogens (tertiary/aromatic N) is 1. The highest BCUT2D eigenvalue weighted by Crippen LogP contribution is 2.23. The molecule has 1 atom stereocenters. The summed E-state index contributed by atoms with van der Waals surface area (Å²) in [6, 6.07) is 14.3. The molecular weight excluding hydrogens is 352 g/mol. The van der Waals surface area contributed by atoms with Crippen molar-refractivity contribution in [2.45, 2.75) is 33.2 Å². The van der Waals surface area contributed by atoms with Crippen LogP contribution in [0, 0.1) is 6.92 Å². The summed E-state index contributed by atoms with van der Waals surface area (Å²) in [7, 11) is 1.68. The molecule has 0 saturated carbocycles. The second kappa shape index (κ2) is 9.07. The van der Waals surface area contributed by atoms with Crippen molar-refractivity contribution < 1.29 is 4.74 Å². The summed E-state index contributed by atoms with van der Waals surface area (Å²) in [6.07, 6.45) is 0.904. The number of ether oxygens (including phenoxy) is 1. The van der Waals surface area contributed by atoms with Crippen LogP contribution in [0.5, 0.6) is 5.75 Å². The summed E-state index contributed by atoms with van der Waals surface area (Å²) in [4.78, 5) is 2.18. The molecule has 0 aromatic heterocycles. The van der Waals surface area contributed by atoms with E-state index < -0.39 is 0 Å². The zero-order chi connectivity index (χ0) is 18.4. The van der Waals surface area contributed by atoms with E-state index in [0.717, 1.165) is 30.0 Å². The van der Waals surface area contributed by atoms with Gasteiger partial charge in [-0.15, -0.1) is 0 Å². The third kappa shape index (κ3) is 5.35. The van der Waals surface area contributed by atoms with Gasteiger partial charge in [0.25, 0.3) is 0 Å². The van der Waals surface area contributed by atoms with Crippen LogP contribution in [0.4, 0.5) is 5.69 Å². The average Bonchev–Trinajstić information content (AvgIpc) is 2.58. The highest BCUT2D eigenvalue weighted by atomic mass is 35.5. The second-order valence-electron chi connectivity index (χ2n) is 6.10. The predicted molar refractivity (Wildman–Crippen MR) is 111 cm³/mol. The molecule has 3 nitrogen and oxygen atoms in total. The van der Waals surface area contributed by atoms with Gasteiger partial charge in [0.15, 0.2) is 5.11 Å². The molecule has 5 heteroatoms. The molecule has 0 spiro atoms. The minimum absolute atomic E-state index is 0.266. The maximum absolute atomic E-state index is 6.31. The minimum atomic E-state index is 0.266. The van der Waals surface area contributed by atoms with Crippen LogP contribution in [0.1, 0.15) is 25.0 Å². The zero-order valence-corrected chi connectivity index (χ0v) is 16.7. The molecular formula is C20H25ClN2OS. The van der Waals surface area contributed by atoms with Gasteiger partial charge in [-0.05, 0) is 74.8 Å². The second-order valence-corrected chi connectivity index (χ2v) is 6.89. The Morgan fingerprint density at radius 1 is 1.24 bits per heavy atom. The Kier molecular flexibility index (Phi) is 7.09. The van der Waals surface area contributed by atoms with E-state index in [2.05, 4.69) is 36.2 Å². The Morgan fingerprint density at radius 3 is 2.48 bits per heavy atom. The Labute approximate surface area is 160 Å². The van der Waals surface area contributed by atoms with Crippen LogP contribution < -0.4 is 10.1 Å². The van der Waals surface area contributed by atoms with E-state index in [-0.39, 0.29) is 6.04 Å². The Morgan fingerprint density at radius 2 is 1.92 bits per heavy atom. The topological polar surface area (TPSA) is 24.5 Å². The van der Waals surface area contributed by atoms with E-state index in [0.29, 0.717) is 10.1 Å². The summed E-state index contributed by atoms with van der Waals surface area (Å²) in [6.45, 7) is 7.13. The van der Waals surface area contributed by atoms with Crippen molar-refractivity contribution in [2.75, 3.05) is 19.0 Å². The average molecular weight is 377 g/mol. The molecule has 2 rings (SSSR count). The Balaban J connectivity index is 2.04. The summed E-state index contributed by atoms with van der Waals surface area (Å²) in [5.74, 6) is 0.870. The molecule has 0 saturated heterocycles. The normalized spacial score (nSPS) is 11.7. The van der Waals surface area contributed by atoms with Gasteiger partial charge in [0.2, 0.25) is 0 Å². The van der Waals surface area contributed by atoms with E-state index >= 15 is 0 Å². The van der Waals surface area contributed by atoms with Crippen molar-refractivity contribution in [3.8, 4) is 5.75 Å². The van der Waals surface area contributed by atoms with Gasteiger partial charge < -0.3 is 15.0 Å². The van der Waals surface area contributed by atoms with E-state index in [9.17, 15) is 0 Å². The van der Waals surface area contributed by atoms with E-state index in [1.807, 2.05) is 37.3 Å². The molecule has 0 aliphatic rings. The fourth-order valence-corrected chi connectivity index (χ4v) is 3.48. The number of likely N-dealkylation sites (N-methyl/N-ethyl adjacent to an activating group) is 1. The van der Waals surface area contributed by atoms with Crippen LogP contribution in [0.15, 0.2) is 42.5 Å². The molecule has 1 unspecified atom stereocenters. The number of hydrogen-bond acceptors (Lipinski definition) is 2. The predicted octanol–water partition coefficient (Wildman–Crippen LogP) is 5.31. The lowest BCUT2D eigenvalue weighted by molar-refractivity contribution is 0.347. The lowest BCUT2D eigenvalue weighted by Gasteiger charge is -2.31. The first-order chi connectivity index (χ1) is 11.9. The molecule has 2 aromatic rings. The van der Waals surface area contributed by atoms with Gasteiger partial charge in [-0.2, -0.15) is 0 Å². The number of methoxy groups -OCH3 is 1. The largest absolute Gasteiger partial charge is 0.497 e. The molecule has 0 amide bonds. The van der Waals surface area contributed by atoms with Crippen molar-refractivity contribution in [1.82, 2.24) is 4.90 Å². The van der Waals surface area contributed by atoms with Gasteiger partial charge in [-0.25, -0.2) is 0 Å². The van der Waals surface area contributed by atoms with E-state index in [1.165, 1.54) is 5.56 Å². The third-order valence-corrected chi connectivity index (χ3v) is 4.84. The van der Waals surface area contributed by atoms with Crippen molar-refractivity contribution in [3.05, 3.63) is 58.6 Å². The minimum Gasteiger partial charge on any atom is -0.497 e. The number of nitrogens with one attached hydrogen (secondary N) is 1. The molecule has 0 bridgehead atoms. The van der Waals surface area contributed by atoms with Crippen molar-refractivity contribution in [1.29, 1.82) is 0 Å². The van der Waals surface area contributed by atoms with Crippen LogP contribution in [0.25, 0.3) is 0 Å². The molecule has 1 N–H and O–H groups in total. The summed E-state index contributed by atoms with van der Waals surface area (Å²) in [5, 5.41) is 4.65. The highest BCUT2D eigenvalue weighted by molar-refractivity contribution is 7.80. The first kappa shape index (κ1) is 19.5. The lowest BCUT2D eigenvalue weighted by Crippen LogP contribution is -2.42.